The summed E-state index contributed by atoms with van der Waals surface area (Å²) >= 11 is 0. The quantitative estimate of drug-likeness (QED) is 0.778. The van der Waals surface area contributed by atoms with E-state index in [1.165, 1.54) is 45.3 Å². The molecule has 5 heteroatoms. The van der Waals surface area contributed by atoms with Crippen molar-refractivity contribution in [2.45, 2.75) is 45.4 Å². The summed E-state index contributed by atoms with van der Waals surface area (Å²) in [5.74, 6) is 0.137. The van der Waals surface area contributed by atoms with Crippen molar-refractivity contribution in [3.05, 3.63) is 17.5 Å². The monoisotopic (exact) mass is 279 g/mol. The number of hydrogen-bond acceptors (Lipinski definition) is 4. The lowest BCUT2D eigenvalue weighted by molar-refractivity contribution is 0.0916. The summed E-state index contributed by atoms with van der Waals surface area (Å²) in [7, 11) is 0. The molecule has 1 aliphatic heterocycles. The second-order valence-electron chi connectivity index (χ2n) is 5.55. The largest absolute Gasteiger partial charge is 0.351 e. The summed E-state index contributed by atoms with van der Waals surface area (Å²) in [6, 6.07) is 1.66. The van der Waals surface area contributed by atoms with Crippen LogP contribution in [0.15, 0.2) is 10.6 Å². The Morgan fingerprint density at radius 1 is 1.30 bits per heavy atom. The maximum atomic E-state index is 11.7. The van der Waals surface area contributed by atoms with Gasteiger partial charge in [0.05, 0.1) is 5.69 Å². The van der Waals surface area contributed by atoms with Crippen LogP contribution in [0.1, 0.15) is 54.8 Å². The van der Waals surface area contributed by atoms with E-state index >= 15 is 0 Å². The number of aromatic nitrogens is 1. The molecule has 0 radical (unpaired) electrons. The molecule has 0 aliphatic carbocycles. The van der Waals surface area contributed by atoms with Crippen LogP contribution in [0.5, 0.6) is 0 Å². The zero-order chi connectivity index (χ0) is 14.2. The average Bonchev–Trinajstić information content (AvgIpc) is 2.90. The first-order valence-electron chi connectivity index (χ1n) is 7.69. The summed E-state index contributed by atoms with van der Waals surface area (Å²) in [5.41, 5.74) is 0.733. The van der Waals surface area contributed by atoms with Gasteiger partial charge < -0.3 is 14.7 Å². The molecule has 2 rings (SSSR count). The lowest BCUT2D eigenvalue weighted by Gasteiger charge is -2.26. The topological polar surface area (TPSA) is 58.4 Å². The molecule has 0 aromatic carbocycles. The highest BCUT2D eigenvalue weighted by molar-refractivity contribution is 5.91. The summed E-state index contributed by atoms with van der Waals surface area (Å²) < 4.78 is 4.91. The van der Waals surface area contributed by atoms with Crippen LogP contribution in [-0.2, 0) is 0 Å². The molecule has 5 nitrogen and oxygen atoms in total. The van der Waals surface area contributed by atoms with Gasteiger partial charge in [-0.25, -0.2) is 0 Å². The lowest BCUT2D eigenvalue weighted by Crippen LogP contribution is -2.30. The highest BCUT2D eigenvalue weighted by Crippen LogP contribution is 2.09. The Labute approximate surface area is 120 Å². The van der Waals surface area contributed by atoms with Crippen LogP contribution in [-0.4, -0.2) is 42.1 Å². The van der Waals surface area contributed by atoms with Gasteiger partial charge in [-0.3, -0.25) is 4.79 Å². The van der Waals surface area contributed by atoms with Crippen molar-refractivity contribution in [1.29, 1.82) is 0 Å². The molecule has 1 aliphatic rings. The number of rotatable bonds is 7. The van der Waals surface area contributed by atoms with E-state index < -0.39 is 0 Å². The molecule has 0 unspecified atom stereocenters. The average molecular weight is 279 g/mol. The number of amides is 1. The van der Waals surface area contributed by atoms with E-state index in [0.29, 0.717) is 12.3 Å². The molecule has 1 N–H and O–H groups in total. The van der Waals surface area contributed by atoms with Gasteiger partial charge >= 0.3 is 0 Å². The number of nitrogens with one attached hydrogen (secondary N) is 1. The number of carbonyl (C=O) groups is 1. The van der Waals surface area contributed by atoms with E-state index in [4.69, 9.17) is 4.52 Å². The van der Waals surface area contributed by atoms with Crippen LogP contribution >= 0.6 is 0 Å². The molecular weight excluding hydrogens is 254 g/mol. The minimum Gasteiger partial charge on any atom is -0.351 e. The van der Waals surface area contributed by atoms with Crippen molar-refractivity contribution in [1.82, 2.24) is 15.4 Å². The van der Waals surface area contributed by atoms with Crippen LogP contribution in [0.2, 0.25) is 0 Å². The molecule has 0 saturated carbocycles. The minimum atomic E-state index is -0.165. The van der Waals surface area contributed by atoms with Crippen LogP contribution in [0.4, 0.5) is 0 Å². The number of likely N-dealkylation sites (tertiary alicyclic amines) is 1. The summed E-state index contributed by atoms with van der Waals surface area (Å²) in [5, 5.41) is 6.57. The fourth-order valence-corrected chi connectivity index (χ4v) is 2.58. The van der Waals surface area contributed by atoms with Crippen molar-refractivity contribution in [3.63, 3.8) is 0 Å². The van der Waals surface area contributed by atoms with Gasteiger partial charge in [0.25, 0.3) is 5.91 Å². The zero-order valence-corrected chi connectivity index (χ0v) is 12.4. The normalized spacial score (nSPS) is 16.2. The maximum Gasteiger partial charge on any atom is 0.289 e. The zero-order valence-electron chi connectivity index (χ0n) is 12.4. The molecule has 1 aromatic rings. The SMILES string of the molecule is Cc1cc(C(=O)NCCCCCN2CCCCC2)on1. The van der Waals surface area contributed by atoms with E-state index in [1.54, 1.807) is 13.0 Å². The number of carbonyl (C=O) groups excluding carboxylic acids is 1. The standard InChI is InChI=1S/C15H25N3O2/c1-13-12-14(20-17-13)15(19)16-8-4-2-5-9-18-10-6-3-7-11-18/h12H,2-11H2,1H3,(H,16,19). The molecule has 2 heterocycles. The van der Waals surface area contributed by atoms with Crippen molar-refractivity contribution < 1.29 is 9.32 Å². The molecule has 1 fully saturated rings. The van der Waals surface area contributed by atoms with Crippen LogP contribution in [0.25, 0.3) is 0 Å². The first kappa shape index (κ1) is 15.0. The Bertz CT molecular complexity index is 411. The van der Waals surface area contributed by atoms with Gasteiger partial charge in [0.15, 0.2) is 0 Å². The fraction of sp³-hybridized carbons (Fsp3) is 0.733. The molecule has 0 atom stereocenters. The van der Waals surface area contributed by atoms with Gasteiger partial charge in [-0.15, -0.1) is 0 Å². The van der Waals surface area contributed by atoms with Crippen molar-refractivity contribution in [2.24, 2.45) is 0 Å². The van der Waals surface area contributed by atoms with E-state index in [0.717, 1.165) is 18.5 Å². The first-order valence-corrected chi connectivity index (χ1v) is 7.69. The van der Waals surface area contributed by atoms with E-state index in [2.05, 4.69) is 15.4 Å². The van der Waals surface area contributed by atoms with Gasteiger partial charge in [0.1, 0.15) is 0 Å². The van der Waals surface area contributed by atoms with E-state index in [-0.39, 0.29) is 5.91 Å². The summed E-state index contributed by atoms with van der Waals surface area (Å²) in [4.78, 5) is 14.2. The number of nitrogens with zero attached hydrogens (tertiary/aromatic N) is 2. The minimum absolute atomic E-state index is 0.165. The van der Waals surface area contributed by atoms with E-state index in [9.17, 15) is 4.79 Å². The molecular formula is C15H25N3O2. The van der Waals surface area contributed by atoms with Crippen LogP contribution in [0.3, 0.4) is 0 Å². The van der Waals surface area contributed by atoms with Gasteiger partial charge in [0, 0.05) is 12.6 Å². The predicted molar refractivity (Wildman–Crippen MR) is 77.7 cm³/mol. The number of unbranched alkanes of at least 4 members (excludes halogenated alkanes) is 2. The lowest BCUT2D eigenvalue weighted by atomic mass is 10.1. The Morgan fingerprint density at radius 2 is 2.10 bits per heavy atom. The Hall–Kier alpha value is -1.36. The predicted octanol–water partition coefficient (Wildman–Crippen LogP) is 2.37. The highest BCUT2D eigenvalue weighted by atomic mass is 16.5. The molecule has 20 heavy (non-hydrogen) atoms. The Morgan fingerprint density at radius 3 is 2.80 bits per heavy atom. The summed E-state index contributed by atoms with van der Waals surface area (Å²) in [6.45, 7) is 6.25. The number of piperidine rings is 1. The Kier molecular flexibility index (Phi) is 6.05. The second kappa shape index (κ2) is 8.04. The molecule has 1 amide bonds. The maximum absolute atomic E-state index is 11.7. The third-order valence-corrected chi connectivity index (χ3v) is 3.74. The van der Waals surface area contributed by atoms with E-state index in [1.807, 2.05) is 0 Å². The van der Waals surface area contributed by atoms with Crippen molar-refractivity contribution in [3.8, 4) is 0 Å². The van der Waals surface area contributed by atoms with Gasteiger partial charge in [-0.05, 0) is 52.2 Å². The second-order valence-corrected chi connectivity index (χ2v) is 5.55. The van der Waals surface area contributed by atoms with Gasteiger partial charge in [-0.2, -0.15) is 0 Å². The Balaban J connectivity index is 1.50. The molecule has 0 spiro atoms. The van der Waals surface area contributed by atoms with Crippen LogP contribution in [0, 0.1) is 6.92 Å². The third-order valence-electron chi connectivity index (χ3n) is 3.74. The summed E-state index contributed by atoms with van der Waals surface area (Å²) in [6.07, 6.45) is 7.50. The molecule has 1 saturated heterocycles. The molecule has 1 aromatic heterocycles. The van der Waals surface area contributed by atoms with Crippen molar-refractivity contribution in [2.75, 3.05) is 26.2 Å². The smallest absolute Gasteiger partial charge is 0.289 e. The third kappa shape index (κ3) is 4.96. The van der Waals surface area contributed by atoms with Gasteiger partial charge in [0.2, 0.25) is 5.76 Å². The number of aryl methyl sites for hydroxylation is 1. The van der Waals surface area contributed by atoms with Crippen LogP contribution < -0.4 is 5.32 Å². The molecule has 0 bridgehead atoms. The molecule has 112 valence electrons. The fourth-order valence-electron chi connectivity index (χ4n) is 2.58. The van der Waals surface area contributed by atoms with Gasteiger partial charge in [-0.1, -0.05) is 18.0 Å². The van der Waals surface area contributed by atoms with Crippen molar-refractivity contribution >= 4 is 5.91 Å². The highest BCUT2D eigenvalue weighted by Gasteiger charge is 2.11. The first-order chi connectivity index (χ1) is 9.75. The number of hydrogen-bond donors (Lipinski definition) is 1.